The Balaban J connectivity index is 1.95. The molecule has 0 bridgehead atoms. The van der Waals surface area contributed by atoms with Crippen LogP contribution in [0.15, 0.2) is 59.7 Å². The van der Waals surface area contributed by atoms with Gasteiger partial charge in [-0.25, -0.2) is 5.43 Å². The minimum atomic E-state index is -0.459. The molecule has 116 valence electrons. The number of carbonyl (C=O) groups is 1. The minimum Gasteiger partial charge on any atom is -0.267 e. The number of nitro groups is 1. The minimum absolute atomic E-state index is 0.00218. The first kappa shape index (κ1) is 16.4. The van der Waals surface area contributed by atoms with E-state index in [1.807, 2.05) is 0 Å². The standard InChI is InChI=1S/C16H12ClN3O3/c17-14-9-7-13(8-10-14)16(21)19-18-11-3-5-12-4-1-2-6-15(12)20(22)23/h1-11H,(H,19,21)/b5-3+,18-11-. The Kier molecular flexibility index (Phi) is 5.60. The molecule has 0 aliphatic carbocycles. The molecule has 0 aliphatic heterocycles. The second kappa shape index (κ2) is 7.86. The van der Waals surface area contributed by atoms with E-state index in [1.54, 1.807) is 42.5 Å². The normalized spacial score (nSPS) is 11.0. The van der Waals surface area contributed by atoms with Crippen LogP contribution in [0, 0.1) is 10.1 Å². The first-order valence-electron chi connectivity index (χ1n) is 6.57. The molecule has 0 saturated carbocycles. The first-order valence-corrected chi connectivity index (χ1v) is 6.95. The molecule has 0 atom stereocenters. The lowest BCUT2D eigenvalue weighted by molar-refractivity contribution is -0.385. The van der Waals surface area contributed by atoms with Gasteiger partial charge in [0.2, 0.25) is 0 Å². The second-order valence-corrected chi connectivity index (χ2v) is 4.84. The van der Waals surface area contributed by atoms with Crippen molar-refractivity contribution in [1.82, 2.24) is 5.43 Å². The molecule has 0 heterocycles. The van der Waals surface area contributed by atoms with Gasteiger partial charge in [-0.15, -0.1) is 0 Å². The molecule has 0 spiro atoms. The molecule has 0 radical (unpaired) electrons. The molecule has 1 N–H and O–H groups in total. The molecule has 0 fully saturated rings. The summed E-state index contributed by atoms with van der Waals surface area (Å²) in [6.45, 7) is 0. The third kappa shape index (κ3) is 4.76. The number of carbonyl (C=O) groups excluding carboxylic acids is 1. The molecule has 2 aromatic rings. The lowest BCUT2D eigenvalue weighted by atomic mass is 10.2. The molecule has 0 aliphatic rings. The van der Waals surface area contributed by atoms with Gasteiger partial charge in [-0.05, 0) is 42.5 Å². The van der Waals surface area contributed by atoms with Crippen molar-refractivity contribution in [3.05, 3.63) is 80.9 Å². The van der Waals surface area contributed by atoms with Crippen molar-refractivity contribution in [2.75, 3.05) is 0 Å². The SMILES string of the molecule is O=C(N/N=C\C=C\c1ccccc1[N+](=O)[O-])c1ccc(Cl)cc1. The van der Waals surface area contributed by atoms with Gasteiger partial charge in [-0.1, -0.05) is 23.7 Å². The smallest absolute Gasteiger partial charge is 0.267 e. The Bertz CT molecular complexity index is 770. The summed E-state index contributed by atoms with van der Waals surface area (Å²) in [7, 11) is 0. The number of rotatable bonds is 5. The van der Waals surface area contributed by atoms with Gasteiger partial charge in [0, 0.05) is 22.9 Å². The number of benzene rings is 2. The average molecular weight is 330 g/mol. The van der Waals surface area contributed by atoms with E-state index in [1.165, 1.54) is 24.4 Å². The van der Waals surface area contributed by atoms with Gasteiger partial charge in [-0.2, -0.15) is 5.10 Å². The lowest BCUT2D eigenvalue weighted by Gasteiger charge is -1.98. The van der Waals surface area contributed by atoms with Crippen LogP contribution >= 0.6 is 11.6 Å². The molecule has 0 unspecified atom stereocenters. The number of nitrogens with one attached hydrogen (secondary N) is 1. The predicted octanol–water partition coefficient (Wildman–Crippen LogP) is 3.68. The molecule has 23 heavy (non-hydrogen) atoms. The van der Waals surface area contributed by atoms with Gasteiger partial charge in [0.25, 0.3) is 11.6 Å². The van der Waals surface area contributed by atoms with Crippen molar-refractivity contribution in [3.63, 3.8) is 0 Å². The number of amides is 1. The maximum atomic E-state index is 11.8. The van der Waals surface area contributed by atoms with Crippen LogP contribution in [-0.4, -0.2) is 17.0 Å². The van der Waals surface area contributed by atoms with Gasteiger partial charge < -0.3 is 0 Å². The predicted molar refractivity (Wildman–Crippen MR) is 89.5 cm³/mol. The zero-order valence-corrected chi connectivity index (χ0v) is 12.6. The van der Waals surface area contributed by atoms with E-state index in [2.05, 4.69) is 10.5 Å². The molecular formula is C16H12ClN3O3. The number of para-hydroxylation sites is 1. The van der Waals surface area contributed by atoms with Crippen molar-refractivity contribution in [2.45, 2.75) is 0 Å². The zero-order chi connectivity index (χ0) is 16.7. The molecule has 2 aromatic carbocycles. The number of nitrogens with zero attached hydrogens (tertiary/aromatic N) is 2. The fourth-order valence-corrected chi connectivity index (χ4v) is 1.87. The molecule has 1 amide bonds. The summed E-state index contributed by atoms with van der Waals surface area (Å²) in [5.74, 6) is -0.378. The maximum Gasteiger partial charge on any atom is 0.276 e. The van der Waals surface area contributed by atoms with Crippen LogP contribution in [0.1, 0.15) is 15.9 Å². The van der Waals surface area contributed by atoms with Crippen molar-refractivity contribution in [3.8, 4) is 0 Å². The summed E-state index contributed by atoms with van der Waals surface area (Å²) < 4.78 is 0. The van der Waals surface area contributed by atoms with Gasteiger partial charge >= 0.3 is 0 Å². The summed E-state index contributed by atoms with van der Waals surface area (Å²) >= 11 is 5.74. The van der Waals surface area contributed by atoms with Gasteiger partial charge in [-0.3, -0.25) is 14.9 Å². The van der Waals surface area contributed by atoms with Crippen molar-refractivity contribution < 1.29 is 9.72 Å². The number of hydrogen-bond donors (Lipinski definition) is 1. The van der Waals surface area contributed by atoms with Crippen LogP contribution in [0.3, 0.4) is 0 Å². The first-order chi connectivity index (χ1) is 11.1. The average Bonchev–Trinajstić information content (AvgIpc) is 2.55. The fourth-order valence-electron chi connectivity index (χ4n) is 1.75. The molecule has 2 rings (SSSR count). The van der Waals surface area contributed by atoms with Crippen LogP contribution in [0.5, 0.6) is 0 Å². The van der Waals surface area contributed by atoms with Gasteiger partial charge in [0.1, 0.15) is 0 Å². The highest BCUT2D eigenvalue weighted by atomic mass is 35.5. The Labute approximate surface area is 137 Å². The van der Waals surface area contributed by atoms with Crippen LogP contribution < -0.4 is 5.43 Å². The van der Waals surface area contributed by atoms with Crippen molar-refractivity contribution >= 4 is 35.5 Å². The molecular weight excluding hydrogens is 318 g/mol. The highest BCUT2D eigenvalue weighted by Crippen LogP contribution is 2.18. The molecule has 0 aromatic heterocycles. The van der Waals surface area contributed by atoms with E-state index in [-0.39, 0.29) is 11.6 Å². The van der Waals surface area contributed by atoms with E-state index in [9.17, 15) is 14.9 Å². The Morgan fingerprint density at radius 2 is 1.87 bits per heavy atom. The second-order valence-electron chi connectivity index (χ2n) is 4.40. The van der Waals surface area contributed by atoms with E-state index in [4.69, 9.17) is 11.6 Å². The molecule has 6 nitrogen and oxygen atoms in total. The highest BCUT2D eigenvalue weighted by molar-refractivity contribution is 6.30. The van der Waals surface area contributed by atoms with Crippen molar-refractivity contribution in [2.24, 2.45) is 5.10 Å². The summed E-state index contributed by atoms with van der Waals surface area (Å²) in [5.41, 5.74) is 3.22. The van der Waals surface area contributed by atoms with Crippen molar-refractivity contribution in [1.29, 1.82) is 0 Å². The topological polar surface area (TPSA) is 84.6 Å². The number of hydrazone groups is 1. The fraction of sp³-hybridized carbons (Fsp3) is 0. The monoisotopic (exact) mass is 329 g/mol. The largest absolute Gasteiger partial charge is 0.276 e. The molecule has 0 saturated heterocycles. The third-order valence-electron chi connectivity index (χ3n) is 2.84. The number of nitro benzene ring substituents is 1. The highest BCUT2D eigenvalue weighted by Gasteiger charge is 2.08. The maximum absolute atomic E-state index is 11.8. The summed E-state index contributed by atoms with van der Waals surface area (Å²) in [5, 5.41) is 15.1. The Hall–Kier alpha value is -2.99. The van der Waals surface area contributed by atoms with Gasteiger partial charge in [0.05, 0.1) is 10.5 Å². The lowest BCUT2D eigenvalue weighted by Crippen LogP contribution is -2.17. The van der Waals surface area contributed by atoms with Gasteiger partial charge in [0.15, 0.2) is 0 Å². The van der Waals surface area contributed by atoms with Crippen LogP contribution in [0.25, 0.3) is 6.08 Å². The Morgan fingerprint density at radius 1 is 1.17 bits per heavy atom. The zero-order valence-electron chi connectivity index (χ0n) is 11.8. The molecule has 7 heteroatoms. The van der Waals surface area contributed by atoms with E-state index >= 15 is 0 Å². The summed E-state index contributed by atoms with van der Waals surface area (Å²) in [6.07, 6.45) is 4.38. The van der Waals surface area contributed by atoms with E-state index < -0.39 is 4.92 Å². The van der Waals surface area contributed by atoms with Crippen LogP contribution in [-0.2, 0) is 0 Å². The number of allylic oxidation sites excluding steroid dienone is 1. The number of halogens is 1. The summed E-state index contributed by atoms with van der Waals surface area (Å²) in [6, 6.07) is 12.7. The quantitative estimate of drug-likeness (QED) is 0.516. The third-order valence-corrected chi connectivity index (χ3v) is 3.09. The van der Waals surface area contributed by atoms with Crippen LogP contribution in [0.4, 0.5) is 5.69 Å². The van der Waals surface area contributed by atoms with E-state index in [0.717, 1.165) is 0 Å². The summed E-state index contributed by atoms with van der Waals surface area (Å²) in [4.78, 5) is 22.1. The van der Waals surface area contributed by atoms with E-state index in [0.29, 0.717) is 16.1 Å². The number of hydrogen-bond acceptors (Lipinski definition) is 4. The van der Waals surface area contributed by atoms with Crippen LogP contribution in [0.2, 0.25) is 5.02 Å². The Morgan fingerprint density at radius 3 is 2.57 bits per heavy atom.